The number of amides is 1. The molecular formula is C63H117NO10. The maximum atomic E-state index is 13.0. The summed E-state index contributed by atoms with van der Waals surface area (Å²) >= 11 is 0. The zero-order valence-corrected chi connectivity index (χ0v) is 47.8. The number of nitrogens with one attached hydrogen (secondary N) is 1. The molecule has 0 radical (unpaired) electrons. The molecule has 7 unspecified atom stereocenters. The van der Waals surface area contributed by atoms with Gasteiger partial charge in [0.1, 0.15) is 24.4 Å². The number of esters is 1. The summed E-state index contributed by atoms with van der Waals surface area (Å²) in [5.41, 5.74) is 0. The van der Waals surface area contributed by atoms with Gasteiger partial charge in [0.25, 0.3) is 0 Å². The minimum absolute atomic E-state index is 0.00894. The van der Waals surface area contributed by atoms with E-state index in [1.807, 2.05) is 6.08 Å². The first-order valence-corrected chi connectivity index (χ1v) is 31.3. The first-order chi connectivity index (χ1) is 36.2. The van der Waals surface area contributed by atoms with Gasteiger partial charge in [-0.1, -0.05) is 243 Å². The number of aliphatic hydroxyl groups excluding tert-OH is 5. The molecule has 7 atom stereocenters. The van der Waals surface area contributed by atoms with Crippen molar-refractivity contribution in [2.75, 3.05) is 19.8 Å². The van der Waals surface area contributed by atoms with Gasteiger partial charge >= 0.3 is 5.97 Å². The smallest absolute Gasteiger partial charge is 0.305 e. The first-order valence-electron chi connectivity index (χ1n) is 31.3. The van der Waals surface area contributed by atoms with E-state index in [0.717, 1.165) is 89.9 Å². The average Bonchev–Trinajstić information content (AvgIpc) is 3.40. The molecule has 11 heteroatoms. The van der Waals surface area contributed by atoms with Crippen LogP contribution in [0.5, 0.6) is 0 Å². The van der Waals surface area contributed by atoms with E-state index in [4.69, 9.17) is 14.2 Å². The monoisotopic (exact) mass is 1050 g/mol. The topological polar surface area (TPSA) is 175 Å². The van der Waals surface area contributed by atoms with Crippen LogP contribution in [-0.2, 0) is 23.8 Å². The predicted octanol–water partition coefficient (Wildman–Crippen LogP) is 14.7. The number of allylic oxidation sites excluding steroid dienone is 5. The van der Waals surface area contributed by atoms with E-state index < -0.39 is 49.5 Å². The van der Waals surface area contributed by atoms with Gasteiger partial charge < -0.3 is 45.1 Å². The number of hydrogen-bond acceptors (Lipinski definition) is 10. The molecular weight excluding hydrogens is 931 g/mol. The van der Waals surface area contributed by atoms with Gasteiger partial charge in [-0.25, -0.2) is 0 Å². The molecule has 1 amide bonds. The third kappa shape index (κ3) is 42.0. The Bertz CT molecular complexity index is 1320. The summed E-state index contributed by atoms with van der Waals surface area (Å²) in [6.45, 7) is 4.26. The zero-order valence-electron chi connectivity index (χ0n) is 47.8. The van der Waals surface area contributed by atoms with E-state index in [1.165, 1.54) is 173 Å². The van der Waals surface area contributed by atoms with Crippen molar-refractivity contribution < 1.29 is 49.3 Å². The lowest BCUT2D eigenvalue weighted by atomic mass is 9.99. The fourth-order valence-electron chi connectivity index (χ4n) is 9.74. The summed E-state index contributed by atoms with van der Waals surface area (Å²) in [6, 6.07) is -0.836. The number of rotatable bonds is 54. The van der Waals surface area contributed by atoms with Gasteiger partial charge in [-0.3, -0.25) is 9.59 Å². The maximum Gasteiger partial charge on any atom is 0.305 e. The van der Waals surface area contributed by atoms with Crippen molar-refractivity contribution in [1.82, 2.24) is 5.32 Å². The molecule has 1 heterocycles. The minimum atomic E-state index is -1.58. The Balaban J connectivity index is 2.00. The second-order valence-electron chi connectivity index (χ2n) is 21.8. The molecule has 0 spiro atoms. The van der Waals surface area contributed by atoms with E-state index in [-0.39, 0.29) is 18.5 Å². The van der Waals surface area contributed by atoms with E-state index in [1.54, 1.807) is 6.08 Å². The number of hydrogen-bond donors (Lipinski definition) is 6. The molecule has 434 valence electrons. The molecule has 1 aliphatic heterocycles. The molecule has 0 aliphatic carbocycles. The van der Waals surface area contributed by atoms with Crippen molar-refractivity contribution in [3.8, 4) is 0 Å². The van der Waals surface area contributed by atoms with Gasteiger partial charge in [-0.05, 0) is 70.6 Å². The van der Waals surface area contributed by atoms with E-state index in [2.05, 4.69) is 43.5 Å². The minimum Gasteiger partial charge on any atom is -0.466 e. The molecule has 1 aliphatic rings. The van der Waals surface area contributed by atoms with Crippen molar-refractivity contribution in [2.24, 2.45) is 0 Å². The standard InChI is InChI=1S/C63H117NO10/c1-3-5-7-9-11-13-14-15-16-17-18-22-25-28-31-35-39-43-47-51-59(68)72-52-48-44-40-36-32-29-26-23-20-19-21-24-27-30-34-38-42-46-50-58(67)64-55(56(66)49-45-41-37-33-12-10-8-6-4-2)54-73-63-62(71)61(70)60(69)57(53-65)74-63/h12,21,24,33,45,49,55-57,60-63,65-66,69-71H,3-11,13-20,22-23,25-32,34-44,46-48,50-54H2,1-2H3,(H,64,67)/b24-21-,33-12+,49-45+. The Hall–Kier alpha value is -2.12. The van der Waals surface area contributed by atoms with Crippen molar-refractivity contribution in [3.05, 3.63) is 36.5 Å². The molecule has 1 rings (SSSR count). The third-order valence-electron chi connectivity index (χ3n) is 14.7. The predicted molar refractivity (Wildman–Crippen MR) is 306 cm³/mol. The molecule has 0 aromatic carbocycles. The van der Waals surface area contributed by atoms with Crippen LogP contribution in [0.1, 0.15) is 290 Å². The van der Waals surface area contributed by atoms with Crippen molar-refractivity contribution >= 4 is 11.9 Å². The van der Waals surface area contributed by atoms with Crippen LogP contribution in [0.25, 0.3) is 0 Å². The van der Waals surface area contributed by atoms with Gasteiger partial charge in [0.2, 0.25) is 5.91 Å². The second-order valence-corrected chi connectivity index (χ2v) is 21.8. The van der Waals surface area contributed by atoms with Crippen LogP contribution in [0.2, 0.25) is 0 Å². The van der Waals surface area contributed by atoms with Crippen LogP contribution in [0.3, 0.4) is 0 Å². The molecule has 0 aromatic rings. The fraction of sp³-hybridized carbons (Fsp3) is 0.873. The highest BCUT2D eigenvalue weighted by molar-refractivity contribution is 5.76. The molecule has 1 fully saturated rings. The Morgan fingerprint density at radius 3 is 1.36 bits per heavy atom. The normalized spacial score (nSPS) is 19.0. The summed E-state index contributed by atoms with van der Waals surface area (Å²) < 4.78 is 16.7. The summed E-state index contributed by atoms with van der Waals surface area (Å²) in [6.07, 6.45) is 55.5. The van der Waals surface area contributed by atoms with Crippen molar-refractivity contribution in [2.45, 2.75) is 333 Å². The molecule has 0 aromatic heterocycles. The summed E-state index contributed by atoms with van der Waals surface area (Å²) in [4.78, 5) is 25.1. The Labute approximate surface area is 453 Å². The summed E-state index contributed by atoms with van der Waals surface area (Å²) in [5, 5.41) is 54.1. The highest BCUT2D eigenvalue weighted by Crippen LogP contribution is 2.23. The highest BCUT2D eigenvalue weighted by atomic mass is 16.7. The lowest BCUT2D eigenvalue weighted by Gasteiger charge is -2.40. The quantitative estimate of drug-likeness (QED) is 0.0195. The second kappa shape index (κ2) is 52.9. The van der Waals surface area contributed by atoms with Gasteiger partial charge in [0, 0.05) is 12.8 Å². The van der Waals surface area contributed by atoms with Crippen molar-refractivity contribution in [3.63, 3.8) is 0 Å². The first kappa shape index (κ1) is 69.9. The van der Waals surface area contributed by atoms with Crippen LogP contribution < -0.4 is 5.32 Å². The Kier molecular flexibility index (Phi) is 50.0. The van der Waals surface area contributed by atoms with E-state index >= 15 is 0 Å². The van der Waals surface area contributed by atoms with Gasteiger partial charge in [0.15, 0.2) is 6.29 Å². The zero-order chi connectivity index (χ0) is 53.8. The molecule has 6 N–H and O–H groups in total. The van der Waals surface area contributed by atoms with Crippen LogP contribution in [0.15, 0.2) is 36.5 Å². The number of ether oxygens (including phenoxy) is 3. The SMILES string of the molecule is CCCCC/C=C/CC/C=C/C(O)C(COC1OC(CO)C(O)C(O)C1O)NC(=O)CCCCCCC/C=C\CCCCCCCCCCCOC(=O)CCCCCCCCCCCCCCCCCCCCC. The van der Waals surface area contributed by atoms with Gasteiger partial charge in [-0.15, -0.1) is 0 Å². The Morgan fingerprint density at radius 1 is 0.486 bits per heavy atom. The van der Waals surface area contributed by atoms with Crippen LogP contribution in [0.4, 0.5) is 0 Å². The molecule has 0 bridgehead atoms. The lowest BCUT2D eigenvalue weighted by Crippen LogP contribution is -2.60. The fourth-order valence-corrected chi connectivity index (χ4v) is 9.74. The van der Waals surface area contributed by atoms with E-state index in [0.29, 0.717) is 19.4 Å². The van der Waals surface area contributed by atoms with Crippen LogP contribution in [-0.4, -0.2) is 100 Å². The highest BCUT2D eigenvalue weighted by Gasteiger charge is 2.44. The van der Waals surface area contributed by atoms with Crippen LogP contribution in [0, 0.1) is 0 Å². The maximum absolute atomic E-state index is 13.0. The lowest BCUT2D eigenvalue weighted by molar-refractivity contribution is -0.302. The van der Waals surface area contributed by atoms with E-state index in [9.17, 15) is 35.1 Å². The largest absolute Gasteiger partial charge is 0.466 e. The number of carbonyl (C=O) groups is 2. The molecule has 74 heavy (non-hydrogen) atoms. The number of carbonyl (C=O) groups excluding carboxylic acids is 2. The summed E-state index contributed by atoms with van der Waals surface area (Å²) in [5.74, 6) is -0.217. The van der Waals surface area contributed by atoms with Crippen molar-refractivity contribution in [1.29, 1.82) is 0 Å². The average molecular weight is 1050 g/mol. The molecule has 11 nitrogen and oxygen atoms in total. The number of aliphatic hydroxyl groups is 5. The molecule has 1 saturated heterocycles. The molecule has 0 saturated carbocycles. The van der Waals surface area contributed by atoms with Crippen LogP contribution >= 0.6 is 0 Å². The van der Waals surface area contributed by atoms with Gasteiger partial charge in [-0.2, -0.15) is 0 Å². The number of unbranched alkanes of at least 4 members (excludes halogenated alkanes) is 36. The Morgan fingerprint density at radius 2 is 0.878 bits per heavy atom. The van der Waals surface area contributed by atoms with Gasteiger partial charge in [0.05, 0.1) is 32.0 Å². The summed E-state index contributed by atoms with van der Waals surface area (Å²) in [7, 11) is 0. The third-order valence-corrected chi connectivity index (χ3v) is 14.7.